The van der Waals surface area contributed by atoms with Gasteiger partial charge in [-0.1, -0.05) is 51.0 Å². The molecule has 32 heavy (non-hydrogen) atoms. The van der Waals surface area contributed by atoms with Crippen LogP contribution in [0.3, 0.4) is 0 Å². The Balaban J connectivity index is 0.000000175. The number of hydrogen-bond donors (Lipinski definition) is 0. The molecule has 0 spiro atoms. The van der Waals surface area contributed by atoms with Crippen LogP contribution in [0.1, 0.15) is 53.1 Å². The number of halogens is 2. The third-order valence-corrected chi connectivity index (χ3v) is 18.7. The van der Waals surface area contributed by atoms with Crippen molar-refractivity contribution in [2.24, 2.45) is 0 Å². The molecule has 4 aromatic carbocycles. The van der Waals surface area contributed by atoms with Gasteiger partial charge in [0.2, 0.25) is 0 Å². The van der Waals surface area contributed by atoms with Crippen LogP contribution in [0.5, 0.6) is 0 Å². The molecule has 0 bridgehead atoms. The Hall–Kier alpha value is -0.673. The van der Waals surface area contributed by atoms with E-state index in [4.69, 9.17) is 17.2 Å². The molecule has 0 aliphatic rings. The first kappa shape index (κ1) is 27.6. The van der Waals surface area contributed by atoms with Crippen LogP contribution >= 0.6 is 17.2 Å². The minimum absolute atomic E-state index is 0.939. The normalized spacial score (nSPS) is 10.4. The van der Waals surface area contributed by atoms with Crippen molar-refractivity contribution in [1.29, 1.82) is 0 Å². The quantitative estimate of drug-likeness (QED) is 0.118. The van der Waals surface area contributed by atoms with Gasteiger partial charge in [-0.15, -0.1) is 68.1 Å². The summed E-state index contributed by atoms with van der Waals surface area (Å²) in [6.45, 7) is 15.2. The number of hydrogen-bond acceptors (Lipinski definition) is 0. The van der Waals surface area contributed by atoms with Crippen LogP contribution in [0.25, 0.3) is 21.5 Å². The molecule has 1 radical (unpaired) electrons. The summed E-state index contributed by atoms with van der Waals surface area (Å²) in [5, 5.41) is 5.64. The molecule has 4 heteroatoms. The van der Waals surface area contributed by atoms with Gasteiger partial charge in [-0.25, -0.2) is 0 Å². The Labute approximate surface area is 210 Å². The van der Waals surface area contributed by atoms with E-state index < -0.39 is 17.7 Å². The molecule has 4 rings (SSSR count). The van der Waals surface area contributed by atoms with E-state index in [0.29, 0.717) is 0 Å². The Morgan fingerprint density at radius 3 is 1.47 bits per heavy atom. The van der Waals surface area contributed by atoms with Crippen molar-refractivity contribution in [3.63, 3.8) is 0 Å². The molecule has 0 saturated heterocycles. The molecule has 0 nitrogen and oxygen atoms in total. The zero-order chi connectivity index (χ0) is 23.8. The Bertz CT molecular complexity index is 1030. The summed E-state index contributed by atoms with van der Waals surface area (Å²) >= 11 is -1.82. The van der Waals surface area contributed by atoms with Crippen LogP contribution in [-0.4, -0.2) is 6.22 Å². The van der Waals surface area contributed by atoms with Crippen molar-refractivity contribution >= 4 is 44.9 Å². The molecule has 0 saturated carbocycles. The summed E-state index contributed by atoms with van der Waals surface area (Å²) in [4.78, 5) is 0. The van der Waals surface area contributed by atoms with Crippen molar-refractivity contribution in [1.82, 2.24) is 0 Å². The summed E-state index contributed by atoms with van der Waals surface area (Å²) in [7, 11) is 11.4. The van der Waals surface area contributed by atoms with E-state index in [1.54, 1.807) is 0 Å². The predicted molar refractivity (Wildman–Crippen MR) is 145 cm³/mol. The Kier molecular flexibility index (Phi) is 11.4. The topological polar surface area (TPSA) is 0 Å². The van der Waals surface area contributed by atoms with E-state index in [1.165, 1.54) is 73.8 Å². The summed E-state index contributed by atoms with van der Waals surface area (Å²) < 4.78 is 0. The zero-order valence-corrected chi connectivity index (χ0v) is 26.6. The molecule has 0 aliphatic heterocycles. The number of fused-ring (bicyclic) bond motifs is 2. The molecule has 0 fully saturated rings. The van der Waals surface area contributed by atoms with E-state index in [-0.39, 0.29) is 0 Å². The molecule has 4 aromatic rings. The Morgan fingerprint density at radius 2 is 1.12 bits per heavy atom. The van der Waals surface area contributed by atoms with Gasteiger partial charge in [-0.2, -0.15) is 12.1 Å². The summed E-state index contributed by atoms with van der Waals surface area (Å²) in [5.41, 5.74) is 8.24. The largest absolute Gasteiger partial charge is 0.165 e. The van der Waals surface area contributed by atoms with Crippen molar-refractivity contribution in [2.45, 2.75) is 67.4 Å². The number of aryl methyl sites for hydroxylation is 6. The maximum Gasteiger partial charge on any atom is -0.0488 e. The molecule has 0 amide bonds. The van der Waals surface area contributed by atoms with Gasteiger partial charge in [-0.3, -0.25) is 0 Å². The molecular weight excluding hydrogens is 614 g/mol. The fourth-order valence-electron chi connectivity index (χ4n) is 3.83. The number of benzene rings is 2. The molecule has 0 aromatic heterocycles. The van der Waals surface area contributed by atoms with E-state index in [1.807, 2.05) is 0 Å². The van der Waals surface area contributed by atoms with Gasteiger partial charge in [0, 0.05) is 0 Å². The molecule has 0 N–H and O–H groups in total. The van der Waals surface area contributed by atoms with Gasteiger partial charge in [-0.05, 0) is 13.8 Å². The Morgan fingerprint density at radius 1 is 0.719 bits per heavy atom. The summed E-state index contributed by atoms with van der Waals surface area (Å²) in [6.07, 6.45) is 3.53. The minimum atomic E-state index is -1.82. The number of rotatable bonds is 3. The fraction of sp³-hybridized carbons (Fsp3) is 0.357. The third-order valence-electron chi connectivity index (χ3n) is 5.72. The number of unbranched alkanes of at least 4 members (excludes halogenated alkanes) is 1. The molecule has 0 heterocycles. The van der Waals surface area contributed by atoms with E-state index in [0.717, 1.165) is 6.22 Å². The van der Waals surface area contributed by atoms with E-state index >= 15 is 0 Å². The van der Waals surface area contributed by atoms with Gasteiger partial charge >= 0.3 is 66.9 Å². The standard InChI is InChI=1S/2C12H13.C4H9Si.2ClH.Hf/c2*1-8-6-11-9(2)4-5-10(3)12(11)7-8;1-2-3-4-5;;;/h2*4-7H,1-3H3;2-4H2,1H3;2*1H;/q2*-1;;;;+2/p-2. The zero-order valence-electron chi connectivity index (χ0n) is 20.5. The second-order valence-corrected chi connectivity index (χ2v) is 32.2. The minimum Gasteiger partial charge on any atom is -0.165 e. The van der Waals surface area contributed by atoms with Gasteiger partial charge < -0.3 is 0 Å². The van der Waals surface area contributed by atoms with E-state index in [9.17, 15) is 0 Å². The van der Waals surface area contributed by atoms with Crippen LogP contribution < -0.4 is 0 Å². The average molecular weight is 649 g/mol. The summed E-state index contributed by atoms with van der Waals surface area (Å²) in [6, 6.07) is 19.1. The van der Waals surface area contributed by atoms with Crippen molar-refractivity contribution in [3.8, 4) is 0 Å². The monoisotopic (exact) mass is 649 g/mol. The van der Waals surface area contributed by atoms with Crippen molar-refractivity contribution < 1.29 is 17.7 Å². The van der Waals surface area contributed by atoms with Crippen LogP contribution in [0.15, 0.2) is 48.5 Å². The molecule has 0 unspecified atom stereocenters. The summed E-state index contributed by atoms with van der Waals surface area (Å²) in [5.74, 6) is 0. The first-order valence-electron chi connectivity index (χ1n) is 11.3. The molecular formula is C28H35Cl2HfSi-2. The van der Waals surface area contributed by atoms with Crippen molar-refractivity contribution in [3.05, 3.63) is 81.9 Å². The fourth-order valence-corrected chi connectivity index (χ4v) is 13.1. The molecule has 0 atom stereocenters. The first-order chi connectivity index (χ1) is 15.1. The molecule has 171 valence electrons. The van der Waals surface area contributed by atoms with Crippen LogP contribution in [0.2, 0.25) is 6.04 Å². The maximum absolute atomic E-state index is 5.70. The maximum atomic E-state index is 5.70. The van der Waals surface area contributed by atoms with E-state index in [2.05, 4.69) is 97.0 Å². The van der Waals surface area contributed by atoms with Gasteiger partial charge in [0.15, 0.2) is 0 Å². The van der Waals surface area contributed by atoms with Gasteiger partial charge in [0.1, 0.15) is 0 Å². The third kappa shape index (κ3) is 7.97. The predicted octanol–water partition coefficient (Wildman–Crippen LogP) is 9.72. The second-order valence-electron chi connectivity index (χ2n) is 8.66. The first-order valence-corrected chi connectivity index (χ1v) is 26.8. The van der Waals surface area contributed by atoms with Gasteiger partial charge in [0.25, 0.3) is 0 Å². The van der Waals surface area contributed by atoms with Crippen molar-refractivity contribution in [2.75, 3.05) is 0 Å². The van der Waals surface area contributed by atoms with Crippen LogP contribution in [-0.2, 0) is 17.7 Å². The second kappa shape index (κ2) is 13.3. The smallest absolute Gasteiger partial charge is 0.0488 e. The van der Waals surface area contributed by atoms with Crippen LogP contribution in [0.4, 0.5) is 0 Å². The average Bonchev–Trinajstić information content (AvgIpc) is 3.33. The SMILES string of the molecule is CCCC[Si]=[Hf]([Cl])[Cl].Cc1cc2c(C)ccc(C)c2[cH-]1.Cc1cc2c(C)ccc(C)c2[cH-]1. The van der Waals surface area contributed by atoms with Crippen LogP contribution in [0, 0.1) is 41.5 Å². The molecule has 0 aliphatic carbocycles. The van der Waals surface area contributed by atoms with Gasteiger partial charge in [0.05, 0.1) is 0 Å².